The van der Waals surface area contributed by atoms with Gasteiger partial charge in [0.2, 0.25) is 0 Å². The first-order valence-corrected chi connectivity index (χ1v) is 6.17. The summed E-state index contributed by atoms with van der Waals surface area (Å²) in [5, 5.41) is 8.87. The molecule has 0 aliphatic carbocycles. The Morgan fingerprint density at radius 1 is 1.00 bits per heavy atom. The van der Waals surface area contributed by atoms with Crippen molar-refractivity contribution in [3.05, 3.63) is 54.1 Å². The molecular weight excluding hydrogens is 224 g/mol. The van der Waals surface area contributed by atoms with Crippen molar-refractivity contribution in [2.24, 2.45) is 0 Å². The van der Waals surface area contributed by atoms with Crippen LogP contribution >= 0.6 is 0 Å². The topological polar surface area (TPSA) is 29.5 Å². The van der Waals surface area contributed by atoms with E-state index in [4.69, 9.17) is 9.84 Å². The van der Waals surface area contributed by atoms with Gasteiger partial charge in [-0.3, -0.25) is 0 Å². The highest BCUT2D eigenvalue weighted by Gasteiger charge is 2.01. The first-order chi connectivity index (χ1) is 8.83. The molecule has 0 unspecified atom stereocenters. The zero-order valence-corrected chi connectivity index (χ0v) is 10.6. The van der Waals surface area contributed by atoms with Crippen LogP contribution in [0.3, 0.4) is 0 Å². The maximum atomic E-state index is 8.87. The molecule has 0 saturated heterocycles. The molecule has 0 fully saturated rings. The summed E-state index contributed by atoms with van der Waals surface area (Å²) in [5.74, 6) is 0.869. The van der Waals surface area contributed by atoms with Crippen molar-refractivity contribution in [2.75, 3.05) is 13.7 Å². The lowest BCUT2D eigenvalue weighted by Crippen LogP contribution is -1.90. The molecule has 0 heterocycles. The van der Waals surface area contributed by atoms with Crippen LogP contribution in [0.2, 0.25) is 0 Å². The van der Waals surface area contributed by atoms with Gasteiger partial charge in [-0.2, -0.15) is 0 Å². The molecule has 0 amide bonds. The van der Waals surface area contributed by atoms with E-state index >= 15 is 0 Å². The number of rotatable bonds is 5. The van der Waals surface area contributed by atoms with E-state index < -0.39 is 0 Å². The van der Waals surface area contributed by atoms with Crippen molar-refractivity contribution in [3.63, 3.8) is 0 Å². The standard InChI is InChI=1S/C16H18O2/c1-18-16-9-3-8-15(12-16)14-7-2-5-13(11-14)6-4-10-17/h2-3,5,7-9,11-12,17H,4,6,10H2,1H3. The van der Waals surface area contributed by atoms with E-state index in [1.165, 1.54) is 11.1 Å². The molecule has 1 N–H and O–H groups in total. The fourth-order valence-corrected chi connectivity index (χ4v) is 1.99. The zero-order chi connectivity index (χ0) is 12.8. The Hall–Kier alpha value is -1.80. The molecule has 2 rings (SSSR count). The number of aliphatic hydroxyl groups is 1. The van der Waals surface area contributed by atoms with E-state index in [1.807, 2.05) is 18.2 Å². The van der Waals surface area contributed by atoms with Crippen LogP contribution in [0.25, 0.3) is 11.1 Å². The van der Waals surface area contributed by atoms with Gasteiger partial charge in [-0.1, -0.05) is 36.4 Å². The SMILES string of the molecule is COc1cccc(-c2cccc(CCCO)c2)c1. The number of aryl methyl sites for hydroxylation is 1. The lowest BCUT2D eigenvalue weighted by Gasteiger charge is -2.07. The summed E-state index contributed by atoms with van der Waals surface area (Å²) in [7, 11) is 1.68. The number of hydrogen-bond donors (Lipinski definition) is 1. The summed E-state index contributed by atoms with van der Waals surface area (Å²) in [6, 6.07) is 16.5. The molecular formula is C16H18O2. The third kappa shape index (κ3) is 3.11. The Bertz CT molecular complexity index is 506. The van der Waals surface area contributed by atoms with E-state index in [-0.39, 0.29) is 6.61 Å². The van der Waals surface area contributed by atoms with Gasteiger partial charge in [0.1, 0.15) is 5.75 Å². The smallest absolute Gasteiger partial charge is 0.119 e. The fourth-order valence-electron chi connectivity index (χ4n) is 1.99. The highest BCUT2D eigenvalue weighted by Crippen LogP contribution is 2.24. The monoisotopic (exact) mass is 242 g/mol. The summed E-state index contributed by atoms with van der Waals surface area (Å²) in [6.07, 6.45) is 1.72. The summed E-state index contributed by atoms with van der Waals surface area (Å²) in [4.78, 5) is 0. The molecule has 18 heavy (non-hydrogen) atoms. The third-order valence-corrected chi connectivity index (χ3v) is 2.95. The second-order valence-corrected chi connectivity index (χ2v) is 4.26. The minimum absolute atomic E-state index is 0.239. The third-order valence-electron chi connectivity index (χ3n) is 2.95. The van der Waals surface area contributed by atoms with Crippen LogP contribution in [0, 0.1) is 0 Å². The van der Waals surface area contributed by atoms with Gasteiger partial charge in [0.15, 0.2) is 0 Å². The number of methoxy groups -OCH3 is 1. The molecule has 0 aliphatic heterocycles. The summed E-state index contributed by atoms with van der Waals surface area (Å²) in [5.41, 5.74) is 3.59. The summed E-state index contributed by atoms with van der Waals surface area (Å²) < 4.78 is 5.24. The Kier molecular flexibility index (Phi) is 4.37. The van der Waals surface area contributed by atoms with Crippen LogP contribution in [0.4, 0.5) is 0 Å². The largest absolute Gasteiger partial charge is 0.497 e. The van der Waals surface area contributed by atoms with Crippen molar-refractivity contribution < 1.29 is 9.84 Å². The Morgan fingerprint density at radius 3 is 2.44 bits per heavy atom. The quantitative estimate of drug-likeness (QED) is 0.871. The normalized spacial score (nSPS) is 10.3. The van der Waals surface area contributed by atoms with Crippen LogP contribution in [0.1, 0.15) is 12.0 Å². The lowest BCUT2D eigenvalue weighted by atomic mass is 10.0. The van der Waals surface area contributed by atoms with Gasteiger partial charge >= 0.3 is 0 Å². The number of aliphatic hydroxyl groups excluding tert-OH is 1. The van der Waals surface area contributed by atoms with Crippen LogP contribution in [0.5, 0.6) is 5.75 Å². The fraction of sp³-hybridized carbons (Fsp3) is 0.250. The number of hydrogen-bond acceptors (Lipinski definition) is 2. The molecule has 0 saturated carbocycles. The van der Waals surface area contributed by atoms with Gasteiger partial charge < -0.3 is 9.84 Å². The highest BCUT2D eigenvalue weighted by atomic mass is 16.5. The average molecular weight is 242 g/mol. The van der Waals surface area contributed by atoms with Crippen molar-refractivity contribution in [1.29, 1.82) is 0 Å². The summed E-state index contributed by atoms with van der Waals surface area (Å²) in [6.45, 7) is 0.239. The molecule has 0 aromatic heterocycles. The lowest BCUT2D eigenvalue weighted by molar-refractivity contribution is 0.288. The molecule has 0 atom stereocenters. The predicted octanol–water partition coefficient (Wildman–Crippen LogP) is 3.29. The van der Waals surface area contributed by atoms with Gasteiger partial charge in [0.05, 0.1) is 7.11 Å². The van der Waals surface area contributed by atoms with Crippen LogP contribution in [-0.2, 0) is 6.42 Å². The number of benzene rings is 2. The van der Waals surface area contributed by atoms with Crippen molar-refractivity contribution in [3.8, 4) is 16.9 Å². The van der Waals surface area contributed by atoms with Crippen molar-refractivity contribution in [1.82, 2.24) is 0 Å². The second kappa shape index (κ2) is 6.22. The molecule has 2 heteroatoms. The van der Waals surface area contributed by atoms with Gasteiger partial charge in [-0.15, -0.1) is 0 Å². The first-order valence-electron chi connectivity index (χ1n) is 6.17. The maximum absolute atomic E-state index is 8.87. The average Bonchev–Trinajstić information content (AvgIpc) is 2.45. The molecule has 0 spiro atoms. The van der Waals surface area contributed by atoms with E-state index in [1.54, 1.807) is 7.11 Å². The Balaban J connectivity index is 2.26. The van der Waals surface area contributed by atoms with Crippen molar-refractivity contribution >= 4 is 0 Å². The Morgan fingerprint density at radius 2 is 1.72 bits per heavy atom. The Labute approximate surface area is 108 Å². The van der Waals surface area contributed by atoms with Gasteiger partial charge in [-0.05, 0) is 41.7 Å². The minimum Gasteiger partial charge on any atom is -0.497 e. The van der Waals surface area contributed by atoms with E-state index in [0.29, 0.717) is 0 Å². The highest BCUT2D eigenvalue weighted by molar-refractivity contribution is 5.65. The maximum Gasteiger partial charge on any atom is 0.119 e. The molecule has 94 valence electrons. The minimum atomic E-state index is 0.239. The zero-order valence-electron chi connectivity index (χ0n) is 10.6. The molecule has 0 radical (unpaired) electrons. The molecule has 2 aromatic rings. The van der Waals surface area contributed by atoms with Crippen molar-refractivity contribution in [2.45, 2.75) is 12.8 Å². The predicted molar refractivity (Wildman–Crippen MR) is 73.8 cm³/mol. The van der Waals surface area contributed by atoms with Crippen LogP contribution in [0.15, 0.2) is 48.5 Å². The van der Waals surface area contributed by atoms with E-state index in [0.717, 1.165) is 24.2 Å². The molecule has 0 bridgehead atoms. The van der Waals surface area contributed by atoms with Gasteiger partial charge in [0, 0.05) is 6.61 Å². The second-order valence-electron chi connectivity index (χ2n) is 4.26. The van der Waals surface area contributed by atoms with Crippen LogP contribution < -0.4 is 4.74 Å². The summed E-state index contributed by atoms with van der Waals surface area (Å²) >= 11 is 0. The van der Waals surface area contributed by atoms with E-state index in [2.05, 4.69) is 30.3 Å². The molecule has 2 aromatic carbocycles. The van der Waals surface area contributed by atoms with Gasteiger partial charge in [-0.25, -0.2) is 0 Å². The van der Waals surface area contributed by atoms with Crippen LogP contribution in [-0.4, -0.2) is 18.8 Å². The molecule has 2 nitrogen and oxygen atoms in total. The van der Waals surface area contributed by atoms with Gasteiger partial charge in [0.25, 0.3) is 0 Å². The number of ether oxygens (including phenoxy) is 1. The van der Waals surface area contributed by atoms with E-state index in [9.17, 15) is 0 Å². The molecule has 0 aliphatic rings. The first kappa shape index (κ1) is 12.7.